The Labute approximate surface area is 132 Å². The van der Waals surface area contributed by atoms with Gasteiger partial charge in [0.05, 0.1) is 0 Å². The smallest absolute Gasteiger partial charge is 0.269 e. The third-order valence-corrected chi connectivity index (χ3v) is 3.19. The summed E-state index contributed by atoms with van der Waals surface area (Å²) in [6.07, 6.45) is 0.639. The minimum atomic E-state index is -0.447. The van der Waals surface area contributed by atoms with Crippen LogP contribution >= 0.6 is 11.6 Å². The van der Waals surface area contributed by atoms with Gasteiger partial charge in [-0.15, -0.1) is 0 Å². The standard InChI is InChI=1S/C16H14ClFN2O2/c17-13-3-1-2-12(10-13)16(22)20-19-15(21)9-6-11-4-7-14(18)8-5-11/h1-5,7-8,10H,6,9H2,(H,19,21)(H,20,22). The molecule has 0 heterocycles. The number of benzene rings is 2. The number of hydrogen-bond donors (Lipinski definition) is 2. The number of halogens is 2. The van der Waals surface area contributed by atoms with Crippen molar-refractivity contribution in [2.24, 2.45) is 0 Å². The summed E-state index contributed by atoms with van der Waals surface area (Å²) < 4.78 is 12.7. The van der Waals surface area contributed by atoms with Gasteiger partial charge in [-0.25, -0.2) is 4.39 Å². The second-order valence-electron chi connectivity index (χ2n) is 4.64. The summed E-state index contributed by atoms with van der Waals surface area (Å²) in [6.45, 7) is 0. The Morgan fingerprint density at radius 1 is 1.05 bits per heavy atom. The molecular weight excluding hydrogens is 307 g/mol. The maximum Gasteiger partial charge on any atom is 0.269 e. The van der Waals surface area contributed by atoms with E-state index in [1.165, 1.54) is 18.2 Å². The molecule has 0 unspecified atom stereocenters. The Bertz CT molecular complexity index is 674. The molecule has 0 radical (unpaired) electrons. The van der Waals surface area contributed by atoms with Crippen molar-refractivity contribution in [3.8, 4) is 0 Å². The topological polar surface area (TPSA) is 58.2 Å². The summed E-state index contributed by atoms with van der Waals surface area (Å²) in [5.41, 5.74) is 5.84. The van der Waals surface area contributed by atoms with E-state index in [0.717, 1.165) is 5.56 Å². The minimum absolute atomic E-state index is 0.182. The maximum atomic E-state index is 12.7. The van der Waals surface area contributed by atoms with E-state index in [0.29, 0.717) is 17.0 Å². The molecule has 0 saturated heterocycles. The number of aryl methyl sites for hydroxylation is 1. The molecule has 6 heteroatoms. The Morgan fingerprint density at radius 2 is 1.77 bits per heavy atom. The molecule has 2 N–H and O–H groups in total. The van der Waals surface area contributed by atoms with E-state index in [2.05, 4.69) is 10.9 Å². The predicted molar refractivity (Wildman–Crippen MR) is 81.8 cm³/mol. The first-order valence-corrected chi connectivity index (χ1v) is 7.01. The molecule has 22 heavy (non-hydrogen) atoms. The van der Waals surface area contributed by atoms with Crippen molar-refractivity contribution in [2.45, 2.75) is 12.8 Å². The van der Waals surface area contributed by atoms with Crippen molar-refractivity contribution < 1.29 is 14.0 Å². The molecule has 2 aromatic rings. The summed E-state index contributed by atoms with van der Waals surface area (Å²) in [4.78, 5) is 23.4. The largest absolute Gasteiger partial charge is 0.273 e. The zero-order valence-electron chi connectivity index (χ0n) is 11.6. The minimum Gasteiger partial charge on any atom is -0.273 e. The van der Waals surface area contributed by atoms with Crippen LogP contribution in [0, 0.1) is 5.82 Å². The third-order valence-electron chi connectivity index (χ3n) is 2.96. The van der Waals surface area contributed by atoms with Crippen LogP contribution in [0.5, 0.6) is 0 Å². The summed E-state index contributed by atoms with van der Waals surface area (Å²) in [5.74, 6) is -1.10. The van der Waals surface area contributed by atoms with Crippen LogP contribution in [0.4, 0.5) is 4.39 Å². The fraction of sp³-hybridized carbons (Fsp3) is 0.125. The second kappa shape index (κ2) is 7.56. The van der Waals surface area contributed by atoms with E-state index < -0.39 is 5.91 Å². The fourth-order valence-corrected chi connectivity index (χ4v) is 1.99. The number of nitrogens with one attached hydrogen (secondary N) is 2. The van der Waals surface area contributed by atoms with E-state index in [1.54, 1.807) is 30.3 Å². The van der Waals surface area contributed by atoms with E-state index in [9.17, 15) is 14.0 Å². The molecule has 0 saturated carbocycles. The van der Waals surface area contributed by atoms with Crippen LogP contribution in [0.1, 0.15) is 22.3 Å². The van der Waals surface area contributed by atoms with Gasteiger partial charge in [-0.2, -0.15) is 0 Å². The monoisotopic (exact) mass is 320 g/mol. The number of carbonyl (C=O) groups excluding carboxylic acids is 2. The van der Waals surface area contributed by atoms with E-state index in [-0.39, 0.29) is 18.1 Å². The van der Waals surface area contributed by atoms with Gasteiger partial charge in [0.25, 0.3) is 5.91 Å². The van der Waals surface area contributed by atoms with Crippen LogP contribution in [0.2, 0.25) is 5.02 Å². The normalized spacial score (nSPS) is 10.1. The number of hydrazine groups is 1. The van der Waals surface area contributed by atoms with Crippen molar-refractivity contribution in [2.75, 3.05) is 0 Å². The lowest BCUT2D eigenvalue weighted by atomic mass is 10.1. The Kier molecular flexibility index (Phi) is 5.49. The first-order chi connectivity index (χ1) is 10.5. The highest BCUT2D eigenvalue weighted by Crippen LogP contribution is 2.10. The lowest BCUT2D eigenvalue weighted by Gasteiger charge is -2.07. The van der Waals surface area contributed by atoms with Crippen LogP contribution in [-0.4, -0.2) is 11.8 Å². The number of carbonyl (C=O) groups is 2. The molecule has 2 amide bonds. The summed E-state index contributed by atoms with van der Waals surface area (Å²) >= 11 is 5.79. The van der Waals surface area contributed by atoms with Gasteiger partial charge in [-0.05, 0) is 42.3 Å². The summed E-state index contributed by atoms with van der Waals surface area (Å²) in [7, 11) is 0. The third kappa shape index (κ3) is 4.86. The van der Waals surface area contributed by atoms with Crippen molar-refractivity contribution in [1.82, 2.24) is 10.9 Å². The number of rotatable bonds is 4. The lowest BCUT2D eigenvalue weighted by Crippen LogP contribution is -2.41. The Hall–Kier alpha value is -2.40. The molecule has 2 rings (SSSR count). The Morgan fingerprint density at radius 3 is 2.45 bits per heavy atom. The van der Waals surface area contributed by atoms with Gasteiger partial charge in [0.1, 0.15) is 5.82 Å². The lowest BCUT2D eigenvalue weighted by molar-refractivity contribution is -0.121. The zero-order chi connectivity index (χ0) is 15.9. The van der Waals surface area contributed by atoms with Gasteiger partial charge in [0.2, 0.25) is 5.91 Å². The van der Waals surface area contributed by atoms with E-state index >= 15 is 0 Å². The molecular formula is C16H14ClFN2O2. The van der Waals surface area contributed by atoms with Crippen molar-refractivity contribution in [1.29, 1.82) is 0 Å². The highest BCUT2D eigenvalue weighted by molar-refractivity contribution is 6.30. The van der Waals surface area contributed by atoms with Gasteiger partial charge < -0.3 is 0 Å². The quantitative estimate of drug-likeness (QED) is 0.851. The second-order valence-corrected chi connectivity index (χ2v) is 5.08. The molecule has 4 nitrogen and oxygen atoms in total. The molecule has 2 aromatic carbocycles. The molecule has 0 aromatic heterocycles. The van der Waals surface area contributed by atoms with Gasteiger partial charge in [0, 0.05) is 17.0 Å². The van der Waals surface area contributed by atoms with Crippen LogP contribution in [0.25, 0.3) is 0 Å². The van der Waals surface area contributed by atoms with Crippen LogP contribution in [0.15, 0.2) is 48.5 Å². The Balaban J connectivity index is 1.78. The summed E-state index contributed by atoms with van der Waals surface area (Å²) in [6, 6.07) is 12.3. The van der Waals surface area contributed by atoms with Gasteiger partial charge in [-0.1, -0.05) is 29.8 Å². The summed E-state index contributed by atoms with van der Waals surface area (Å²) in [5, 5.41) is 0.440. The van der Waals surface area contributed by atoms with Gasteiger partial charge in [-0.3, -0.25) is 20.4 Å². The number of hydrogen-bond acceptors (Lipinski definition) is 2. The van der Waals surface area contributed by atoms with Gasteiger partial charge >= 0.3 is 0 Å². The van der Waals surface area contributed by atoms with Crippen molar-refractivity contribution >= 4 is 23.4 Å². The molecule has 0 aliphatic carbocycles. The molecule has 0 spiro atoms. The fourth-order valence-electron chi connectivity index (χ4n) is 1.80. The van der Waals surface area contributed by atoms with E-state index in [4.69, 9.17) is 11.6 Å². The molecule has 0 atom stereocenters. The SMILES string of the molecule is O=C(CCc1ccc(F)cc1)NNC(=O)c1cccc(Cl)c1. The highest BCUT2D eigenvalue weighted by Gasteiger charge is 2.08. The van der Waals surface area contributed by atoms with Crippen molar-refractivity contribution in [3.63, 3.8) is 0 Å². The molecule has 0 aliphatic rings. The van der Waals surface area contributed by atoms with E-state index in [1.807, 2.05) is 0 Å². The van der Waals surface area contributed by atoms with Crippen LogP contribution in [-0.2, 0) is 11.2 Å². The maximum absolute atomic E-state index is 12.7. The van der Waals surface area contributed by atoms with Crippen molar-refractivity contribution in [3.05, 3.63) is 70.5 Å². The first-order valence-electron chi connectivity index (χ1n) is 6.64. The predicted octanol–water partition coefficient (Wildman–Crippen LogP) is 2.87. The number of amides is 2. The zero-order valence-corrected chi connectivity index (χ0v) is 12.4. The molecule has 0 bridgehead atoms. The molecule has 0 fully saturated rings. The molecule has 0 aliphatic heterocycles. The first kappa shape index (κ1) is 16.0. The van der Waals surface area contributed by atoms with Gasteiger partial charge in [0.15, 0.2) is 0 Å². The highest BCUT2D eigenvalue weighted by atomic mass is 35.5. The average Bonchev–Trinajstić information content (AvgIpc) is 2.52. The van der Waals surface area contributed by atoms with Crippen LogP contribution < -0.4 is 10.9 Å². The average molecular weight is 321 g/mol. The van der Waals surface area contributed by atoms with Crippen LogP contribution in [0.3, 0.4) is 0 Å². The molecule has 114 valence electrons.